The summed E-state index contributed by atoms with van der Waals surface area (Å²) < 4.78 is 6.73. The van der Waals surface area contributed by atoms with Crippen molar-refractivity contribution in [3.63, 3.8) is 0 Å². The highest BCUT2D eigenvalue weighted by Gasteiger charge is 2.18. The number of halogens is 1. The van der Waals surface area contributed by atoms with Gasteiger partial charge in [-0.1, -0.05) is 11.6 Å². The zero-order valence-electron chi connectivity index (χ0n) is 10.6. The molecule has 1 heterocycles. The quantitative estimate of drug-likeness (QED) is 0.874. The summed E-state index contributed by atoms with van der Waals surface area (Å²) >= 11 is 5.93. The molecule has 1 N–H and O–H groups in total. The standard InChI is InChI=1S/C11H18ClN3O2/c1-5-17-11(2,3)7-13-8-6-14-15(4)10(16)9(8)12/h6,13H,5,7H2,1-4H3. The Morgan fingerprint density at radius 2 is 2.24 bits per heavy atom. The number of aromatic nitrogens is 2. The molecule has 0 aliphatic rings. The molecule has 0 fully saturated rings. The molecule has 0 atom stereocenters. The van der Waals surface area contributed by atoms with Gasteiger partial charge < -0.3 is 10.1 Å². The molecular formula is C11H18ClN3O2. The number of anilines is 1. The van der Waals surface area contributed by atoms with E-state index < -0.39 is 0 Å². The Morgan fingerprint density at radius 1 is 1.59 bits per heavy atom. The predicted octanol–water partition coefficient (Wildman–Crippen LogP) is 1.66. The predicted molar refractivity (Wildman–Crippen MR) is 68.7 cm³/mol. The number of hydrogen-bond acceptors (Lipinski definition) is 4. The molecule has 96 valence electrons. The van der Waals surface area contributed by atoms with E-state index in [1.807, 2.05) is 20.8 Å². The largest absolute Gasteiger partial charge is 0.379 e. The van der Waals surface area contributed by atoms with Gasteiger partial charge in [0.05, 0.1) is 17.5 Å². The van der Waals surface area contributed by atoms with Crippen molar-refractivity contribution >= 4 is 17.3 Å². The fourth-order valence-electron chi connectivity index (χ4n) is 1.38. The molecule has 0 aliphatic carbocycles. The number of nitrogens with one attached hydrogen (secondary N) is 1. The van der Waals surface area contributed by atoms with Gasteiger partial charge in [-0.3, -0.25) is 4.79 Å². The van der Waals surface area contributed by atoms with Gasteiger partial charge >= 0.3 is 0 Å². The topological polar surface area (TPSA) is 56.1 Å². The minimum atomic E-state index is -0.320. The van der Waals surface area contributed by atoms with Crippen LogP contribution in [0.2, 0.25) is 5.02 Å². The van der Waals surface area contributed by atoms with Crippen LogP contribution in [0, 0.1) is 0 Å². The fraction of sp³-hybridized carbons (Fsp3) is 0.636. The fourth-order valence-corrected chi connectivity index (χ4v) is 1.62. The summed E-state index contributed by atoms with van der Waals surface area (Å²) in [4.78, 5) is 11.5. The summed E-state index contributed by atoms with van der Waals surface area (Å²) in [5, 5.41) is 7.12. The van der Waals surface area contributed by atoms with Crippen molar-refractivity contribution in [3.8, 4) is 0 Å². The first kappa shape index (κ1) is 14.0. The molecule has 1 rings (SSSR count). The lowest BCUT2D eigenvalue weighted by Crippen LogP contribution is -2.34. The van der Waals surface area contributed by atoms with Crippen molar-refractivity contribution in [1.29, 1.82) is 0 Å². The van der Waals surface area contributed by atoms with Crippen LogP contribution in [-0.4, -0.2) is 28.5 Å². The molecule has 0 unspecified atom stereocenters. The normalized spacial score (nSPS) is 11.6. The summed E-state index contributed by atoms with van der Waals surface area (Å²) in [6.07, 6.45) is 1.53. The van der Waals surface area contributed by atoms with E-state index in [0.717, 1.165) is 0 Å². The molecule has 0 bridgehead atoms. The van der Waals surface area contributed by atoms with Crippen LogP contribution in [-0.2, 0) is 11.8 Å². The third-order valence-corrected chi connectivity index (χ3v) is 2.68. The van der Waals surface area contributed by atoms with E-state index in [4.69, 9.17) is 16.3 Å². The second-order valence-corrected chi connectivity index (χ2v) is 4.73. The Kier molecular flexibility index (Phi) is 4.54. The molecule has 17 heavy (non-hydrogen) atoms. The number of rotatable bonds is 5. The Labute approximate surface area is 106 Å². The number of hydrogen-bond donors (Lipinski definition) is 1. The van der Waals surface area contributed by atoms with Crippen LogP contribution in [0.3, 0.4) is 0 Å². The number of nitrogens with zero attached hydrogens (tertiary/aromatic N) is 2. The Hall–Kier alpha value is -1.07. The van der Waals surface area contributed by atoms with Gasteiger partial charge in [0.25, 0.3) is 5.56 Å². The molecule has 0 saturated heterocycles. The summed E-state index contributed by atoms with van der Waals surface area (Å²) in [7, 11) is 1.56. The van der Waals surface area contributed by atoms with E-state index >= 15 is 0 Å². The summed E-state index contributed by atoms with van der Waals surface area (Å²) in [5.74, 6) is 0. The molecular weight excluding hydrogens is 242 g/mol. The smallest absolute Gasteiger partial charge is 0.287 e. The van der Waals surface area contributed by atoms with Gasteiger partial charge in [-0.25, -0.2) is 4.68 Å². The van der Waals surface area contributed by atoms with Gasteiger partial charge in [-0.15, -0.1) is 0 Å². The zero-order valence-corrected chi connectivity index (χ0v) is 11.3. The molecule has 5 nitrogen and oxygen atoms in total. The molecule has 0 aromatic carbocycles. The van der Waals surface area contributed by atoms with E-state index in [2.05, 4.69) is 10.4 Å². The first-order chi connectivity index (χ1) is 7.87. The molecule has 1 aromatic heterocycles. The second kappa shape index (κ2) is 5.51. The SMILES string of the molecule is CCOC(C)(C)CNc1cnn(C)c(=O)c1Cl. The molecule has 0 saturated carbocycles. The van der Waals surface area contributed by atoms with Gasteiger partial charge in [0, 0.05) is 20.2 Å². The lowest BCUT2D eigenvalue weighted by molar-refractivity contribution is 0.000693. The van der Waals surface area contributed by atoms with Gasteiger partial charge in [0.2, 0.25) is 0 Å². The van der Waals surface area contributed by atoms with Crippen LogP contribution >= 0.6 is 11.6 Å². The Bertz CT molecular complexity index is 443. The van der Waals surface area contributed by atoms with Gasteiger partial charge in [-0.05, 0) is 20.8 Å². The van der Waals surface area contributed by atoms with E-state index in [1.54, 1.807) is 7.05 Å². The van der Waals surface area contributed by atoms with E-state index in [9.17, 15) is 4.79 Å². The van der Waals surface area contributed by atoms with E-state index in [-0.39, 0.29) is 16.2 Å². The van der Waals surface area contributed by atoms with Crippen molar-refractivity contribution in [3.05, 3.63) is 21.6 Å². The average Bonchev–Trinajstić information content (AvgIpc) is 2.25. The zero-order chi connectivity index (χ0) is 13.1. The molecule has 0 amide bonds. The first-order valence-electron chi connectivity index (χ1n) is 5.47. The van der Waals surface area contributed by atoms with Crippen molar-refractivity contribution in [2.75, 3.05) is 18.5 Å². The highest BCUT2D eigenvalue weighted by Crippen LogP contribution is 2.17. The van der Waals surface area contributed by atoms with Crippen LogP contribution in [0.4, 0.5) is 5.69 Å². The lowest BCUT2D eigenvalue weighted by atomic mass is 10.1. The highest BCUT2D eigenvalue weighted by molar-refractivity contribution is 6.32. The monoisotopic (exact) mass is 259 g/mol. The number of aryl methyl sites for hydroxylation is 1. The van der Waals surface area contributed by atoms with Crippen LogP contribution in [0.1, 0.15) is 20.8 Å². The van der Waals surface area contributed by atoms with Gasteiger partial charge in [-0.2, -0.15) is 5.10 Å². The molecule has 6 heteroatoms. The molecule has 1 aromatic rings. The summed E-state index contributed by atoms with van der Waals surface area (Å²) in [5.41, 5.74) is -0.104. The third kappa shape index (κ3) is 3.71. The van der Waals surface area contributed by atoms with Gasteiger partial charge in [0.15, 0.2) is 0 Å². The molecule has 0 radical (unpaired) electrons. The first-order valence-corrected chi connectivity index (χ1v) is 5.85. The Morgan fingerprint density at radius 3 is 2.82 bits per heavy atom. The van der Waals surface area contributed by atoms with Crippen LogP contribution in [0.15, 0.2) is 11.0 Å². The third-order valence-electron chi connectivity index (χ3n) is 2.32. The second-order valence-electron chi connectivity index (χ2n) is 4.35. The van der Waals surface area contributed by atoms with Crippen molar-refractivity contribution in [2.45, 2.75) is 26.4 Å². The van der Waals surface area contributed by atoms with Crippen molar-refractivity contribution in [1.82, 2.24) is 9.78 Å². The molecule has 0 spiro atoms. The van der Waals surface area contributed by atoms with Crippen LogP contribution in [0.25, 0.3) is 0 Å². The summed E-state index contributed by atoms with van der Waals surface area (Å²) in [6.45, 7) is 7.05. The van der Waals surface area contributed by atoms with Crippen LogP contribution in [0.5, 0.6) is 0 Å². The van der Waals surface area contributed by atoms with Crippen LogP contribution < -0.4 is 10.9 Å². The summed E-state index contributed by atoms with van der Waals surface area (Å²) in [6, 6.07) is 0. The maximum absolute atomic E-state index is 11.5. The van der Waals surface area contributed by atoms with Crippen molar-refractivity contribution in [2.24, 2.45) is 7.05 Å². The van der Waals surface area contributed by atoms with Gasteiger partial charge in [0.1, 0.15) is 5.02 Å². The minimum absolute atomic E-state index is 0.148. The van der Waals surface area contributed by atoms with Crippen molar-refractivity contribution < 1.29 is 4.74 Å². The minimum Gasteiger partial charge on any atom is -0.379 e. The van der Waals surface area contributed by atoms with E-state index in [0.29, 0.717) is 18.8 Å². The molecule has 0 aliphatic heterocycles. The highest BCUT2D eigenvalue weighted by atomic mass is 35.5. The Balaban J connectivity index is 2.77. The maximum atomic E-state index is 11.5. The average molecular weight is 260 g/mol. The number of ether oxygens (including phenoxy) is 1. The van der Waals surface area contributed by atoms with E-state index in [1.165, 1.54) is 10.9 Å². The maximum Gasteiger partial charge on any atom is 0.287 e. The lowest BCUT2D eigenvalue weighted by Gasteiger charge is -2.25.